The second-order valence-corrected chi connectivity index (χ2v) is 4.81. The molecule has 0 aliphatic carbocycles. The summed E-state index contributed by atoms with van der Waals surface area (Å²) in [4.78, 5) is 22.7. The van der Waals surface area contributed by atoms with E-state index < -0.39 is 11.9 Å². The number of carbonyl (C=O) groups is 2. The molecule has 1 amide bonds. The number of esters is 1. The van der Waals surface area contributed by atoms with Crippen LogP contribution in [-0.2, 0) is 14.3 Å². The molecule has 0 unspecified atom stereocenters. The largest absolute Gasteiger partial charge is 0.494 e. The minimum atomic E-state index is -0.581. The van der Waals surface area contributed by atoms with Gasteiger partial charge in [-0.1, -0.05) is 13.0 Å². The first-order valence-electron chi connectivity index (χ1n) is 7.24. The number of amides is 1. The van der Waals surface area contributed by atoms with Crippen molar-refractivity contribution < 1.29 is 19.1 Å². The first-order chi connectivity index (χ1) is 11.0. The first-order valence-corrected chi connectivity index (χ1v) is 7.65. The molecule has 1 aromatic rings. The number of hydrogen-bond acceptors (Lipinski definition) is 5. The van der Waals surface area contributed by atoms with Crippen LogP contribution in [0.25, 0.3) is 0 Å². The zero-order chi connectivity index (χ0) is 17.1. The van der Waals surface area contributed by atoms with Crippen molar-refractivity contribution in [3.63, 3.8) is 0 Å². The lowest BCUT2D eigenvalue weighted by Gasteiger charge is -2.10. The van der Waals surface area contributed by atoms with Crippen LogP contribution in [0.1, 0.15) is 20.3 Å². The molecule has 0 fully saturated rings. The molecule has 0 aliphatic heterocycles. The lowest BCUT2D eigenvalue weighted by atomic mass is 10.3. The van der Waals surface area contributed by atoms with Crippen LogP contribution in [0.2, 0.25) is 0 Å². The average Bonchev–Trinajstić information content (AvgIpc) is 2.51. The molecule has 0 heterocycles. The number of carbonyl (C=O) groups excluding carboxylic acids is 2. The molecule has 0 aliphatic rings. The lowest BCUT2D eigenvalue weighted by molar-refractivity contribution is -0.137. The topological polar surface area (TPSA) is 76.7 Å². The Morgan fingerprint density at radius 1 is 1.26 bits per heavy atom. The predicted molar refractivity (Wildman–Crippen MR) is 92.4 cm³/mol. The molecule has 2 N–H and O–H groups in total. The van der Waals surface area contributed by atoms with E-state index in [0.717, 1.165) is 18.6 Å². The summed E-state index contributed by atoms with van der Waals surface area (Å²) < 4.78 is 10.2. The van der Waals surface area contributed by atoms with Gasteiger partial charge >= 0.3 is 5.97 Å². The van der Waals surface area contributed by atoms with Crippen molar-refractivity contribution in [2.75, 3.05) is 18.5 Å². The van der Waals surface area contributed by atoms with Gasteiger partial charge in [0, 0.05) is 23.9 Å². The summed E-state index contributed by atoms with van der Waals surface area (Å²) in [6, 6.07) is 7.23. The van der Waals surface area contributed by atoms with E-state index >= 15 is 0 Å². The molecule has 23 heavy (non-hydrogen) atoms. The zero-order valence-electron chi connectivity index (χ0n) is 13.1. The highest BCUT2D eigenvalue weighted by molar-refractivity contribution is 7.80. The average molecular weight is 336 g/mol. The quantitative estimate of drug-likeness (QED) is 0.452. The zero-order valence-corrected chi connectivity index (χ0v) is 13.9. The Kier molecular flexibility index (Phi) is 8.38. The number of anilines is 1. The molecule has 6 nitrogen and oxygen atoms in total. The van der Waals surface area contributed by atoms with Crippen LogP contribution in [0.3, 0.4) is 0 Å². The minimum Gasteiger partial charge on any atom is -0.494 e. The number of rotatable bonds is 7. The molecule has 0 atom stereocenters. The van der Waals surface area contributed by atoms with E-state index in [4.69, 9.17) is 17.0 Å². The fraction of sp³-hybridized carbons (Fsp3) is 0.312. The van der Waals surface area contributed by atoms with Gasteiger partial charge in [0.1, 0.15) is 5.75 Å². The number of ether oxygens (including phenoxy) is 2. The van der Waals surface area contributed by atoms with Crippen LogP contribution in [0.5, 0.6) is 5.75 Å². The van der Waals surface area contributed by atoms with Crippen molar-refractivity contribution in [3.8, 4) is 5.75 Å². The van der Waals surface area contributed by atoms with Gasteiger partial charge in [-0.05, 0) is 37.7 Å². The molecule has 1 rings (SSSR count). The van der Waals surface area contributed by atoms with Gasteiger partial charge in [0.05, 0.1) is 13.2 Å². The molecule has 0 saturated heterocycles. The van der Waals surface area contributed by atoms with E-state index in [2.05, 4.69) is 15.4 Å². The molecular formula is C16H20N2O4S. The summed E-state index contributed by atoms with van der Waals surface area (Å²) in [5.41, 5.74) is 0.693. The van der Waals surface area contributed by atoms with Crippen molar-refractivity contribution in [2.45, 2.75) is 20.3 Å². The van der Waals surface area contributed by atoms with Crippen LogP contribution < -0.4 is 15.4 Å². The summed E-state index contributed by atoms with van der Waals surface area (Å²) in [5.74, 6) is -0.385. The minimum absolute atomic E-state index is 0.121. The van der Waals surface area contributed by atoms with Crippen LogP contribution >= 0.6 is 12.2 Å². The van der Waals surface area contributed by atoms with Crippen molar-refractivity contribution in [1.29, 1.82) is 0 Å². The summed E-state index contributed by atoms with van der Waals surface area (Å²) in [5, 5.41) is 5.43. The maximum atomic E-state index is 11.6. The second-order valence-electron chi connectivity index (χ2n) is 4.41. The third kappa shape index (κ3) is 7.96. The van der Waals surface area contributed by atoms with Crippen molar-refractivity contribution >= 4 is 34.9 Å². The molecule has 0 spiro atoms. The molecule has 7 heteroatoms. The SMILES string of the molecule is CCCOc1cccc(NC(=S)NC(=O)/C=C/C(=O)OCC)c1. The Balaban J connectivity index is 2.50. The monoisotopic (exact) mass is 336 g/mol. The first kappa shape index (κ1) is 18.6. The molecule has 124 valence electrons. The van der Waals surface area contributed by atoms with Crippen molar-refractivity contribution in [2.24, 2.45) is 0 Å². The standard InChI is InChI=1S/C16H20N2O4S/c1-3-10-22-13-7-5-6-12(11-13)17-16(23)18-14(19)8-9-15(20)21-4-2/h5-9,11H,3-4,10H2,1-2H3,(H2,17,18,19,23)/b9-8+. The molecule has 1 aromatic carbocycles. The smallest absolute Gasteiger partial charge is 0.330 e. The number of hydrogen-bond donors (Lipinski definition) is 2. The highest BCUT2D eigenvalue weighted by atomic mass is 32.1. The van der Waals surface area contributed by atoms with Gasteiger partial charge in [-0.15, -0.1) is 0 Å². The number of thiocarbonyl (C=S) groups is 1. The Hall–Kier alpha value is -2.41. The van der Waals surface area contributed by atoms with Crippen LogP contribution in [0.4, 0.5) is 5.69 Å². The predicted octanol–water partition coefficient (Wildman–Crippen LogP) is 2.41. The second kappa shape index (κ2) is 10.3. The van der Waals surface area contributed by atoms with E-state index in [-0.39, 0.29) is 11.7 Å². The Morgan fingerprint density at radius 2 is 2.04 bits per heavy atom. The van der Waals surface area contributed by atoms with Crippen LogP contribution in [0.15, 0.2) is 36.4 Å². The third-order valence-corrected chi connectivity index (χ3v) is 2.66. The highest BCUT2D eigenvalue weighted by Crippen LogP contribution is 2.17. The molecular weight excluding hydrogens is 316 g/mol. The van der Waals surface area contributed by atoms with Gasteiger partial charge in [-0.3, -0.25) is 10.1 Å². The summed E-state index contributed by atoms with van der Waals surface area (Å²) in [7, 11) is 0. The van der Waals surface area contributed by atoms with Crippen molar-refractivity contribution in [1.82, 2.24) is 5.32 Å². The third-order valence-electron chi connectivity index (χ3n) is 2.46. The van der Waals surface area contributed by atoms with E-state index in [1.165, 1.54) is 0 Å². The van der Waals surface area contributed by atoms with Gasteiger partial charge in [-0.25, -0.2) is 4.79 Å². The molecule has 0 saturated carbocycles. The van der Waals surface area contributed by atoms with Crippen molar-refractivity contribution in [3.05, 3.63) is 36.4 Å². The molecule has 0 bridgehead atoms. The summed E-state index contributed by atoms with van der Waals surface area (Å²) in [6.45, 7) is 4.59. The number of benzene rings is 1. The fourth-order valence-electron chi connectivity index (χ4n) is 1.53. The number of nitrogens with one attached hydrogen (secondary N) is 2. The summed E-state index contributed by atoms with van der Waals surface area (Å²) in [6.07, 6.45) is 3.02. The maximum Gasteiger partial charge on any atom is 0.330 e. The Labute approximate surface area is 140 Å². The van der Waals surface area contributed by atoms with Gasteiger partial charge in [0.25, 0.3) is 0 Å². The van der Waals surface area contributed by atoms with E-state index in [1.54, 1.807) is 19.1 Å². The highest BCUT2D eigenvalue weighted by Gasteiger charge is 2.04. The van der Waals surface area contributed by atoms with E-state index in [0.29, 0.717) is 18.0 Å². The van der Waals surface area contributed by atoms with Crippen LogP contribution in [-0.4, -0.2) is 30.2 Å². The molecule has 0 radical (unpaired) electrons. The van der Waals surface area contributed by atoms with Gasteiger partial charge < -0.3 is 14.8 Å². The maximum absolute atomic E-state index is 11.6. The van der Waals surface area contributed by atoms with Gasteiger partial charge in [0.2, 0.25) is 5.91 Å². The van der Waals surface area contributed by atoms with E-state index in [1.807, 2.05) is 19.1 Å². The molecule has 0 aromatic heterocycles. The lowest BCUT2D eigenvalue weighted by Crippen LogP contribution is -2.33. The Bertz CT molecular complexity index is 587. The summed E-state index contributed by atoms with van der Waals surface area (Å²) >= 11 is 5.04. The van der Waals surface area contributed by atoms with E-state index in [9.17, 15) is 9.59 Å². The van der Waals surface area contributed by atoms with Gasteiger partial charge in [0.15, 0.2) is 5.11 Å². The fourth-order valence-corrected chi connectivity index (χ4v) is 1.75. The van der Waals surface area contributed by atoms with Gasteiger partial charge in [-0.2, -0.15) is 0 Å². The van der Waals surface area contributed by atoms with Crippen LogP contribution in [0, 0.1) is 0 Å². The normalized spacial score (nSPS) is 10.2. The Morgan fingerprint density at radius 3 is 2.74 bits per heavy atom.